The Labute approximate surface area is 80.5 Å². The zero-order chi connectivity index (χ0) is 8.81. The summed E-state index contributed by atoms with van der Waals surface area (Å²) in [5.74, 6) is 0. The third-order valence-electron chi connectivity index (χ3n) is 1.54. The van der Waals surface area contributed by atoms with Crippen molar-refractivity contribution in [1.29, 1.82) is 5.26 Å². The lowest BCUT2D eigenvalue weighted by Crippen LogP contribution is -1.81. The van der Waals surface area contributed by atoms with Crippen LogP contribution in [0.2, 0.25) is 0 Å². The first-order chi connectivity index (χ1) is 5.88. The van der Waals surface area contributed by atoms with Gasteiger partial charge in [0.25, 0.3) is 0 Å². The lowest BCUT2D eigenvalue weighted by atomic mass is 10.1. The molecule has 1 nitrogen and oxygen atoms in total. The van der Waals surface area contributed by atoms with Crippen molar-refractivity contribution in [2.45, 2.75) is 5.33 Å². The van der Waals surface area contributed by atoms with Crippen LogP contribution in [0.25, 0.3) is 6.08 Å². The van der Waals surface area contributed by atoms with Gasteiger partial charge < -0.3 is 0 Å². The quantitative estimate of drug-likeness (QED) is 0.557. The van der Waals surface area contributed by atoms with Crippen molar-refractivity contribution in [3.63, 3.8) is 0 Å². The number of hydrogen-bond donors (Lipinski definition) is 0. The predicted molar refractivity (Wildman–Crippen MR) is 53.7 cm³/mol. The van der Waals surface area contributed by atoms with Crippen molar-refractivity contribution < 1.29 is 0 Å². The van der Waals surface area contributed by atoms with Gasteiger partial charge in [-0.1, -0.05) is 40.2 Å². The summed E-state index contributed by atoms with van der Waals surface area (Å²) in [4.78, 5) is 0. The minimum atomic E-state index is 0.818. The average molecular weight is 222 g/mol. The highest BCUT2D eigenvalue weighted by molar-refractivity contribution is 9.08. The molecule has 0 saturated carbocycles. The van der Waals surface area contributed by atoms with E-state index in [4.69, 9.17) is 5.26 Å². The van der Waals surface area contributed by atoms with E-state index in [1.807, 2.05) is 36.4 Å². The van der Waals surface area contributed by atoms with E-state index in [1.54, 1.807) is 0 Å². The van der Waals surface area contributed by atoms with Gasteiger partial charge in [-0.05, 0) is 17.2 Å². The van der Waals surface area contributed by atoms with Gasteiger partial charge in [0, 0.05) is 11.4 Å². The fourth-order valence-corrected chi connectivity index (χ4v) is 1.46. The summed E-state index contributed by atoms with van der Waals surface area (Å²) >= 11 is 3.38. The molecule has 0 aliphatic heterocycles. The molecule has 1 rings (SSSR count). The van der Waals surface area contributed by atoms with Gasteiger partial charge in [-0.2, -0.15) is 5.26 Å². The molecular weight excluding hydrogens is 214 g/mol. The largest absolute Gasteiger partial charge is 0.193 e. The van der Waals surface area contributed by atoms with E-state index in [0.717, 1.165) is 10.9 Å². The number of nitriles is 1. The van der Waals surface area contributed by atoms with Crippen LogP contribution >= 0.6 is 15.9 Å². The number of alkyl halides is 1. The number of benzene rings is 1. The molecule has 0 aromatic heterocycles. The Morgan fingerprint density at radius 3 is 2.83 bits per heavy atom. The smallest absolute Gasteiger partial charge is 0.0912 e. The second-order valence-electron chi connectivity index (χ2n) is 2.29. The monoisotopic (exact) mass is 221 g/mol. The highest BCUT2D eigenvalue weighted by Gasteiger charge is 1.94. The third kappa shape index (κ3) is 2.21. The topological polar surface area (TPSA) is 23.8 Å². The summed E-state index contributed by atoms with van der Waals surface area (Å²) in [6.45, 7) is 0. The molecule has 0 radical (unpaired) electrons. The molecular formula is C10H8BrN. The van der Waals surface area contributed by atoms with Gasteiger partial charge in [0.05, 0.1) is 6.07 Å². The minimum Gasteiger partial charge on any atom is -0.193 e. The van der Waals surface area contributed by atoms with Crippen LogP contribution < -0.4 is 0 Å². The molecule has 0 aliphatic carbocycles. The SMILES string of the molecule is N#CC=Cc1ccccc1CBr. The van der Waals surface area contributed by atoms with Gasteiger partial charge in [-0.25, -0.2) is 0 Å². The van der Waals surface area contributed by atoms with Gasteiger partial charge in [0.1, 0.15) is 0 Å². The molecule has 0 atom stereocenters. The molecule has 0 unspecified atom stereocenters. The van der Waals surface area contributed by atoms with Crippen molar-refractivity contribution in [2.24, 2.45) is 0 Å². The van der Waals surface area contributed by atoms with Crippen molar-refractivity contribution in [1.82, 2.24) is 0 Å². The summed E-state index contributed by atoms with van der Waals surface area (Å²) in [6, 6.07) is 9.94. The summed E-state index contributed by atoms with van der Waals surface area (Å²) in [5, 5.41) is 9.16. The number of allylic oxidation sites excluding steroid dienone is 1. The molecule has 0 amide bonds. The fourth-order valence-electron chi connectivity index (χ4n) is 0.946. The Morgan fingerprint density at radius 1 is 1.42 bits per heavy atom. The maximum absolute atomic E-state index is 8.34. The van der Waals surface area contributed by atoms with Crippen LogP contribution in [0.4, 0.5) is 0 Å². The van der Waals surface area contributed by atoms with Crippen LogP contribution in [0.3, 0.4) is 0 Å². The van der Waals surface area contributed by atoms with Gasteiger partial charge in [-0.15, -0.1) is 0 Å². The van der Waals surface area contributed by atoms with Crippen LogP contribution in [0.1, 0.15) is 11.1 Å². The van der Waals surface area contributed by atoms with Crippen molar-refractivity contribution in [2.75, 3.05) is 0 Å². The maximum atomic E-state index is 8.34. The Morgan fingerprint density at radius 2 is 2.17 bits per heavy atom. The molecule has 0 fully saturated rings. The summed E-state index contributed by atoms with van der Waals surface area (Å²) in [7, 11) is 0. The molecule has 1 aromatic carbocycles. The van der Waals surface area contributed by atoms with E-state index in [9.17, 15) is 0 Å². The van der Waals surface area contributed by atoms with Crippen LogP contribution in [0, 0.1) is 11.3 Å². The highest BCUT2D eigenvalue weighted by Crippen LogP contribution is 2.13. The molecule has 0 N–H and O–H groups in total. The summed E-state index contributed by atoms with van der Waals surface area (Å²) in [5.41, 5.74) is 2.29. The van der Waals surface area contributed by atoms with Gasteiger partial charge >= 0.3 is 0 Å². The van der Waals surface area contributed by atoms with Crippen LogP contribution in [0.5, 0.6) is 0 Å². The second kappa shape index (κ2) is 4.74. The lowest BCUT2D eigenvalue weighted by Gasteiger charge is -1.99. The van der Waals surface area contributed by atoms with E-state index in [0.29, 0.717) is 0 Å². The fraction of sp³-hybridized carbons (Fsp3) is 0.100. The van der Waals surface area contributed by atoms with Crippen LogP contribution in [-0.2, 0) is 5.33 Å². The van der Waals surface area contributed by atoms with E-state index in [2.05, 4.69) is 15.9 Å². The Bertz CT molecular complexity index is 323. The van der Waals surface area contributed by atoms with Crippen LogP contribution in [0.15, 0.2) is 30.3 Å². The zero-order valence-corrected chi connectivity index (χ0v) is 8.08. The molecule has 2 heteroatoms. The molecule has 0 heterocycles. The lowest BCUT2D eigenvalue weighted by molar-refractivity contribution is 1.41. The predicted octanol–water partition coefficient (Wildman–Crippen LogP) is 3.12. The Hall–Kier alpha value is -1.07. The number of nitrogens with zero attached hydrogens (tertiary/aromatic N) is 1. The molecule has 0 spiro atoms. The van der Waals surface area contributed by atoms with E-state index in [-0.39, 0.29) is 0 Å². The Balaban J connectivity index is 2.99. The van der Waals surface area contributed by atoms with Gasteiger partial charge in [-0.3, -0.25) is 0 Å². The minimum absolute atomic E-state index is 0.818. The number of rotatable bonds is 2. The van der Waals surface area contributed by atoms with Crippen molar-refractivity contribution in [3.8, 4) is 6.07 Å². The summed E-state index contributed by atoms with van der Waals surface area (Å²) in [6.07, 6.45) is 3.30. The Kier molecular flexibility index (Phi) is 3.56. The van der Waals surface area contributed by atoms with Crippen molar-refractivity contribution >= 4 is 22.0 Å². The first-order valence-corrected chi connectivity index (χ1v) is 4.70. The second-order valence-corrected chi connectivity index (χ2v) is 2.86. The summed E-state index contributed by atoms with van der Waals surface area (Å²) < 4.78 is 0. The normalized spacial score (nSPS) is 10.0. The molecule has 60 valence electrons. The van der Waals surface area contributed by atoms with E-state index >= 15 is 0 Å². The third-order valence-corrected chi connectivity index (χ3v) is 2.14. The molecule has 0 saturated heterocycles. The van der Waals surface area contributed by atoms with Gasteiger partial charge in [0.15, 0.2) is 0 Å². The molecule has 0 aliphatic rings. The maximum Gasteiger partial charge on any atom is 0.0912 e. The first kappa shape index (κ1) is 9.02. The molecule has 0 bridgehead atoms. The van der Waals surface area contributed by atoms with Gasteiger partial charge in [0.2, 0.25) is 0 Å². The molecule has 1 aromatic rings. The first-order valence-electron chi connectivity index (χ1n) is 3.58. The number of halogens is 1. The highest BCUT2D eigenvalue weighted by atomic mass is 79.9. The van der Waals surface area contributed by atoms with Crippen molar-refractivity contribution in [3.05, 3.63) is 41.5 Å². The van der Waals surface area contributed by atoms with Crippen LogP contribution in [-0.4, -0.2) is 0 Å². The standard InChI is InChI=1S/C10H8BrN/c11-8-10-5-2-1-4-9(10)6-3-7-12/h1-6H,8H2. The van der Waals surface area contributed by atoms with E-state index < -0.39 is 0 Å². The van der Waals surface area contributed by atoms with E-state index in [1.165, 1.54) is 11.6 Å². The number of hydrogen-bond acceptors (Lipinski definition) is 1. The molecule has 12 heavy (non-hydrogen) atoms. The average Bonchev–Trinajstić information content (AvgIpc) is 2.15. The zero-order valence-electron chi connectivity index (χ0n) is 6.50.